The van der Waals surface area contributed by atoms with Crippen LogP contribution in [-0.2, 0) is 7.05 Å². The van der Waals surface area contributed by atoms with Crippen LogP contribution in [0.15, 0.2) is 36.7 Å². The molecule has 0 aliphatic heterocycles. The van der Waals surface area contributed by atoms with Gasteiger partial charge in [-0.3, -0.25) is 4.68 Å². The molecule has 106 valence electrons. The van der Waals surface area contributed by atoms with E-state index in [9.17, 15) is 0 Å². The molecule has 3 rings (SSSR count). The van der Waals surface area contributed by atoms with E-state index in [4.69, 9.17) is 28.9 Å². The molecular formula is C14H11Cl2N5. The van der Waals surface area contributed by atoms with Gasteiger partial charge in [0.15, 0.2) is 0 Å². The maximum Gasteiger partial charge on any atom is 0.129 e. The fourth-order valence-electron chi connectivity index (χ4n) is 2.11. The van der Waals surface area contributed by atoms with Crippen molar-refractivity contribution in [2.75, 3.05) is 5.73 Å². The minimum atomic E-state index is 0.469. The van der Waals surface area contributed by atoms with Gasteiger partial charge in [-0.2, -0.15) is 15.3 Å². The molecule has 0 amide bonds. The predicted octanol–water partition coefficient (Wildman–Crippen LogP) is 3.43. The van der Waals surface area contributed by atoms with Gasteiger partial charge < -0.3 is 5.73 Å². The van der Waals surface area contributed by atoms with Crippen molar-refractivity contribution >= 4 is 29.0 Å². The van der Waals surface area contributed by atoms with E-state index in [1.807, 2.05) is 12.1 Å². The Balaban J connectivity index is 2.24. The van der Waals surface area contributed by atoms with Gasteiger partial charge in [-0.05, 0) is 23.8 Å². The van der Waals surface area contributed by atoms with Crippen LogP contribution in [0.2, 0.25) is 10.0 Å². The van der Waals surface area contributed by atoms with Crippen LogP contribution in [0, 0.1) is 0 Å². The number of halogens is 2. The Morgan fingerprint density at radius 1 is 1.05 bits per heavy atom. The van der Waals surface area contributed by atoms with Gasteiger partial charge in [-0.1, -0.05) is 29.3 Å². The van der Waals surface area contributed by atoms with Crippen LogP contribution in [-0.4, -0.2) is 20.0 Å². The first-order valence-corrected chi connectivity index (χ1v) is 6.88. The number of anilines is 1. The molecule has 0 saturated heterocycles. The first-order valence-electron chi connectivity index (χ1n) is 6.13. The van der Waals surface area contributed by atoms with Crippen molar-refractivity contribution < 1.29 is 0 Å². The van der Waals surface area contributed by atoms with Crippen molar-refractivity contribution in [2.24, 2.45) is 7.05 Å². The summed E-state index contributed by atoms with van der Waals surface area (Å²) in [5.74, 6) is 0.542. The second-order valence-electron chi connectivity index (χ2n) is 4.49. The lowest BCUT2D eigenvalue weighted by molar-refractivity contribution is 0.782. The number of nitrogen functional groups attached to an aromatic ring is 1. The van der Waals surface area contributed by atoms with Gasteiger partial charge in [0.05, 0.1) is 28.0 Å². The average Bonchev–Trinajstić information content (AvgIpc) is 2.79. The molecule has 0 saturated carbocycles. The summed E-state index contributed by atoms with van der Waals surface area (Å²) in [5, 5.41) is 13.1. The molecule has 0 aliphatic rings. The first-order chi connectivity index (χ1) is 10.1. The highest BCUT2D eigenvalue weighted by molar-refractivity contribution is 6.42. The molecular weight excluding hydrogens is 309 g/mol. The Hall–Kier alpha value is -2.11. The number of nitrogens with zero attached hydrogens (tertiary/aromatic N) is 4. The third-order valence-electron chi connectivity index (χ3n) is 3.16. The maximum atomic E-state index is 6.15. The summed E-state index contributed by atoms with van der Waals surface area (Å²) in [6.07, 6.45) is 3.25. The number of hydrogen-bond donors (Lipinski definition) is 1. The van der Waals surface area contributed by atoms with E-state index in [1.54, 1.807) is 36.3 Å². The summed E-state index contributed by atoms with van der Waals surface area (Å²) in [4.78, 5) is 0. The van der Waals surface area contributed by atoms with Crippen molar-refractivity contribution in [3.63, 3.8) is 0 Å². The summed E-state index contributed by atoms with van der Waals surface area (Å²) < 4.78 is 1.62. The van der Waals surface area contributed by atoms with Gasteiger partial charge in [0.2, 0.25) is 0 Å². The lowest BCUT2D eigenvalue weighted by Crippen LogP contribution is -1.98. The van der Waals surface area contributed by atoms with Crippen LogP contribution in [0.25, 0.3) is 22.4 Å². The van der Waals surface area contributed by atoms with Crippen LogP contribution in [0.1, 0.15) is 0 Å². The predicted molar refractivity (Wildman–Crippen MR) is 84.1 cm³/mol. The maximum absolute atomic E-state index is 6.15. The zero-order valence-electron chi connectivity index (χ0n) is 11.1. The van der Waals surface area contributed by atoms with E-state index in [0.29, 0.717) is 15.9 Å². The quantitative estimate of drug-likeness (QED) is 0.785. The van der Waals surface area contributed by atoms with E-state index in [-0.39, 0.29) is 0 Å². The standard InChI is InChI=1S/C14H11Cl2N5/c1-21-14(17)12(8-2-3-10(15)11(16)6-8)13(20-21)9-4-5-18-19-7-9/h2-7H,17H2,1H3. The summed E-state index contributed by atoms with van der Waals surface area (Å²) in [7, 11) is 1.79. The van der Waals surface area contributed by atoms with Crippen molar-refractivity contribution in [3.05, 3.63) is 46.7 Å². The minimum absolute atomic E-state index is 0.469. The molecule has 1 aromatic carbocycles. The number of nitrogens with two attached hydrogens (primary N) is 1. The second kappa shape index (κ2) is 5.35. The van der Waals surface area contributed by atoms with Crippen molar-refractivity contribution in [1.82, 2.24) is 20.0 Å². The van der Waals surface area contributed by atoms with E-state index >= 15 is 0 Å². The number of aromatic nitrogens is 4. The van der Waals surface area contributed by atoms with Crippen LogP contribution >= 0.6 is 23.2 Å². The molecule has 0 radical (unpaired) electrons. The number of rotatable bonds is 2. The van der Waals surface area contributed by atoms with E-state index in [0.717, 1.165) is 22.4 Å². The van der Waals surface area contributed by atoms with E-state index in [1.165, 1.54) is 0 Å². The Kier molecular flexibility index (Phi) is 3.53. The van der Waals surface area contributed by atoms with Gasteiger partial charge in [-0.25, -0.2) is 0 Å². The summed E-state index contributed by atoms with van der Waals surface area (Å²) >= 11 is 12.1. The Morgan fingerprint density at radius 3 is 2.52 bits per heavy atom. The van der Waals surface area contributed by atoms with Crippen LogP contribution in [0.3, 0.4) is 0 Å². The van der Waals surface area contributed by atoms with E-state index < -0.39 is 0 Å². The number of aryl methyl sites for hydroxylation is 1. The molecule has 0 fully saturated rings. The molecule has 21 heavy (non-hydrogen) atoms. The van der Waals surface area contributed by atoms with Crippen molar-refractivity contribution in [3.8, 4) is 22.4 Å². The van der Waals surface area contributed by atoms with Crippen LogP contribution in [0.5, 0.6) is 0 Å². The SMILES string of the molecule is Cn1nc(-c2ccnnc2)c(-c2ccc(Cl)c(Cl)c2)c1N. The van der Waals surface area contributed by atoms with Crippen molar-refractivity contribution in [1.29, 1.82) is 0 Å². The molecule has 0 aliphatic carbocycles. The highest BCUT2D eigenvalue weighted by Gasteiger charge is 2.18. The average molecular weight is 320 g/mol. The molecule has 0 bridgehead atoms. The molecule has 7 heteroatoms. The summed E-state index contributed by atoms with van der Waals surface area (Å²) in [6.45, 7) is 0. The third kappa shape index (κ3) is 2.46. The second-order valence-corrected chi connectivity index (χ2v) is 5.31. The smallest absolute Gasteiger partial charge is 0.129 e. The molecule has 5 nitrogen and oxygen atoms in total. The van der Waals surface area contributed by atoms with Gasteiger partial charge in [0.25, 0.3) is 0 Å². The van der Waals surface area contributed by atoms with Gasteiger partial charge in [-0.15, -0.1) is 0 Å². The van der Waals surface area contributed by atoms with Gasteiger partial charge in [0, 0.05) is 12.6 Å². The molecule has 2 N–H and O–H groups in total. The molecule has 0 atom stereocenters. The Labute approximate surface area is 131 Å². The summed E-state index contributed by atoms with van der Waals surface area (Å²) in [6, 6.07) is 7.20. The third-order valence-corrected chi connectivity index (χ3v) is 3.90. The largest absolute Gasteiger partial charge is 0.383 e. The first kappa shape index (κ1) is 13.9. The Bertz CT molecular complexity index is 799. The van der Waals surface area contributed by atoms with Crippen LogP contribution < -0.4 is 5.73 Å². The zero-order chi connectivity index (χ0) is 15.0. The zero-order valence-corrected chi connectivity index (χ0v) is 12.6. The van der Waals surface area contributed by atoms with Gasteiger partial charge >= 0.3 is 0 Å². The minimum Gasteiger partial charge on any atom is -0.383 e. The normalized spacial score (nSPS) is 10.8. The lowest BCUT2D eigenvalue weighted by atomic mass is 10.0. The Morgan fingerprint density at radius 2 is 1.86 bits per heavy atom. The highest BCUT2D eigenvalue weighted by atomic mass is 35.5. The molecule has 2 aromatic heterocycles. The highest BCUT2D eigenvalue weighted by Crippen LogP contribution is 2.37. The fourth-order valence-corrected chi connectivity index (χ4v) is 2.40. The molecule has 3 aromatic rings. The molecule has 0 unspecified atom stereocenters. The van der Waals surface area contributed by atoms with Crippen LogP contribution in [0.4, 0.5) is 5.82 Å². The molecule has 0 spiro atoms. The fraction of sp³-hybridized carbons (Fsp3) is 0.0714. The monoisotopic (exact) mass is 319 g/mol. The number of benzene rings is 1. The lowest BCUT2D eigenvalue weighted by Gasteiger charge is -2.05. The van der Waals surface area contributed by atoms with E-state index in [2.05, 4.69) is 15.3 Å². The topological polar surface area (TPSA) is 69.6 Å². The molecule has 2 heterocycles. The van der Waals surface area contributed by atoms with Crippen molar-refractivity contribution in [2.45, 2.75) is 0 Å². The number of hydrogen-bond acceptors (Lipinski definition) is 4. The summed E-state index contributed by atoms with van der Waals surface area (Å²) in [5.41, 5.74) is 9.35. The van der Waals surface area contributed by atoms with Gasteiger partial charge in [0.1, 0.15) is 11.5 Å².